The molecule has 0 aliphatic rings. The molecule has 148 valence electrons. The van der Waals surface area contributed by atoms with Gasteiger partial charge in [-0.2, -0.15) is 15.2 Å². The first-order valence-corrected chi connectivity index (χ1v) is 9.59. The summed E-state index contributed by atoms with van der Waals surface area (Å²) in [5.41, 5.74) is 1.88. The van der Waals surface area contributed by atoms with Gasteiger partial charge >= 0.3 is 0 Å². The zero-order valence-electron chi connectivity index (χ0n) is 15.4. The average Bonchev–Trinajstić information content (AvgIpc) is 3.34. The molecular formula is C19H16Cl2N6O2. The van der Waals surface area contributed by atoms with Crippen molar-refractivity contribution < 1.29 is 4.52 Å². The smallest absolute Gasteiger partial charge is 0.288 e. The van der Waals surface area contributed by atoms with Crippen molar-refractivity contribution in [2.45, 2.75) is 26.3 Å². The number of halogens is 2. The van der Waals surface area contributed by atoms with Gasteiger partial charge in [0.2, 0.25) is 5.89 Å². The van der Waals surface area contributed by atoms with Gasteiger partial charge in [0, 0.05) is 17.6 Å². The third-order valence-corrected chi connectivity index (χ3v) is 4.89. The predicted octanol–water partition coefficient (Wildman–Crippen LogP) is 3.26. The highest BCUT2D eigenvalue weighted by Gasteiger charge is 2.14. The van der Waals surface area contributed by atoms with Crippen molar-refractivity contribution in [2.75, 3.05) is 0 Å². The zero-order chi connectivity index (χ0) is 20.4. The van der Waals surface area contributed by atoms with Gasteiger partial charge in [0.25, 0.3) is 5.56 Å². The molecule has 3 heterocycles. The highest BCUT2D eigenvalue weighted by Crippen LogP contribution is 2.15. The molecule has 0 saturated heterocycles. The molecule has 0 fully saturated rings. The van der Waals surface area contributed by atoms with E-state index in [0.29, 0.717) is 23.0 Å². The van der Waals surface area contributed by atoms with Crippen LogP contribution in [-0.4, -0.2) is 29.7 Å². The van der Waals surface area contributed by atoms with E-state index in [1.165, 1.54) is 15.6 Å². The van der Waals surface area contributed by atoms with E-state index >= 15 is 0 Å². The Morgan fingerprint density at radius 1 is 1.10 bits per heavy atom. The number of aryl methyl sites for hydroxylation is 3. The topological polar surface area (TPSA) is 91.6 Å². The van der Waals surface area contributed by atoms with Crippen molar-refractivity contribution in [1.82, 2.24) is 29.7 Å². The Balaban J connectivity index is 1.46. The van der Waals surface area contributed by atoms with Crippen molar-refractivity contribution in [3.05, 3.63) is 86.1 Å². The first-order chi connectivity index (χ1) is 14.0. The van der Waals surface area contributed by atoms with Crippen LogP contribution in [0.1, 0.15) is 23.0 Å². The molecule has 0 bridgehead atoms. The Kier molecular flexibility index (Phi) is 5.46. The molecule has 0 unspecified atom stereocenters. The molecule has 3 aromatic heterocycles. The summed E-state index contributed by atoms with van der Waals surface area (Å²) in [5.74, 6) is 0.835. The number of benzene rings is 1. The highest BCUT2D eigenvalue weighted by molar-refractivity contribution is 6.32. The monoisotopic (exact) mass is 430 g/mol. The maximum absolute atomic E-state index is 12.5. The second-order valence-electron chi connectivity index (χ2n) is 6.44. The maximum atomic E-state index is 12.5. The van der Waals surface area contributed by atoms with Gasteiger partial charge in [-0.15, -0.1) is 0 Å². The molecule has 1 aromatic carbocycles. The number of hydrogen-bond donors (Lipinski definition) is 0. The highest BCUT2D eigenvalue weighted by atomic mass is 35.5. The van der Waals surface area contributed by atoms with Gasteiger partial charge < -0.3 is 4.52 Å². The van der Waals surface area contributed by atoms with Crippen LogP contribution in [0.3, 0.4) is 0 Å². The van der Waals surface area contributed by atoms with Crippen LogP contribution >= 0.6 is 23.2 Å². The van der Waals surface area contributed by atoms with Crippen LogP contribution in [0.15, 0.2) is 52.0 Å². The molecule has 0 N–H and O–H groups in total. The first kappa shape index (κ1) is 19.4. The lowest BCUT2D eigenvalue weighted by molar-refractivity contribution is 0.358. The van der Waals surface area contributed by atoms with E-state index in [4.69, 9.17) is 27.7 Å². The van der Waals surface area contributed by atoms with Crippen LogP contribution < -0.4 is 5.56 Å². The maximum Gasteiger partial charge on any atom is 0.288 e. The lowest BCUT2D eigenvalue weighted by Gasteiger charge is -2.06. The Hall–Kier alpha value is -2.97. The Morgan fingerprint density at radius 3 is 2.62 bits per heavy atom. The number of nitrogens with zero attached hydrogens (tertiary/aromatic N) is 6. The summed E-state index contributed by atoms with van der Waals surface area (Å²) in [6, 6.07) is 9.41. The predicted molar refractivity (Wildman–Crippen MR) is 108 cm³/mol. The summed E-state index contributed by atoms with van der Waals surface area (Å²) in [6.45, 7) is 1.88. The summed E-state index contributed by atoms with van der Waals surface area (Å²) in [7, 11) is 0. The SMILES string of the molecule is Cc1ccn(-c2cnn(Cc3nc(CCc4ccc(Cl)cc4)no3)c(=O)c2Cl)n1. The zero-order valence-corrected chi connectivity index (χ0v) is 16.9. The van der Waals surface area contributed by atoms with E-state index < -0.39 is 5.56 Å². The van der Waals surface area contributed by atoms with E-state index in [1.807, 2.05) is 37.3 Å². The molecule has 0 aliphatic heterocycles. The molecular weight excluding hydrogens is 415 g/mol. The molecule has 0 spiro atoms. The normalized spacial score (nSPS) is 11.1. The Labute approximate surface area is 175 Å². The van der Waals surface area contributed by atoms with E-state index in [0.717, 1.165) is 17.7 Å². The molecule has 0 saturated carbocycles. The van der Waals surface area contributed by atoms with E-state index in [2.05, 4.69) is 20.3 Å². The van der Waals surface area contributed by atoms with Crippen LogP contribution in [0.2, 0.25) is 10.0 Å². The van der Waals surface area contributed by atoms with Gasteiger partial charge in [0.05, 0.1) is 11.9 Å². The van der Waals surface area contributed by atoms with Gasteiger partial charge in [0.15, 0.2) is 5.82 Å². The van der Waals surface area contributed by atoms with Gasteiger partial charge in [-0.25, -0.2) is 9.36 Å². The number of aromatic nitrogens is 6. The van der Waals surface area contributed by atoms with Crippen LogP contribution in [-0.2, 0) is 19.4 Å². The lowest BCUT2D eigenvalue weighted by atomic mass is 10.1. The summed E-state index contributed by atoms with van der Waals surface area (Å²) in [5, 5.41) is 13.1. The minimum absolute atomic E-state index is 0.0191. The fraction of sp³-hybridized carbons (Fsp3) is 0.211. The fourth-order valence-corrected chi connectivity index (χ4v) is 3.13. The van der Waals surface area contributed by atoms with Crippen molar-refractivity contribution in [2.24, 2.45) is 0 Å². The van der Waals surface area contributed by atoms with E-state index in [-0.39, 0.29) is 17.5 Å². The number of hydrogen-bond acceptors (Lipinski definition) is 6. The molecule has 29 heavy (non-hydrogen) atoms. The summed E-state index contributed by atoms with van der Waals surface area (Å²) in [6.07, 6.45) is 4.55. The molecule has 4 aromatic rings. The standard InChI is InChI=1S/C19H16Cl2N6O2/c1-12-8-9-26(24-12)15-10-22-27(19(28)18(15)21)11-17-23-16(25-29-17)7-4-13-2-5-14(20)6-3-13/h2-3,5-6,8-10H,4,7,11H2,1H3. The quantitative estimate of drug-likeness (QED) is 0.466. The van der Waals surface area contributed by atoms with Crippen molar-refractivity contribution >= 4 is 23.2 Å². The number of rotatable bonds is 6. The molecule has 0 radical (unpaired) electrons. The first-order valence-electron chi connectivity index (χ1n) is 8.84. The molecule has 0 amide bonds. The fourth-order valence-electron chi connectivity index (χ4n) is 2.77. The molecule has 0 aliphatic carbocycles. The van der Waals surface area contributed by atoms with E-state index in [9.17, 15) is 4.79 Å². The molecule has 10 heteroatoms. The third kappa shape index (κ3) is 4.38. The van der Waals surface area contributed by atoms with Crippen LogP contribution in [0.4, 0.5) is 0 Å². The summed E-state index contributed by atoms with van der Waals surface area (Å²) < 4.78 is 7.94. The van der Waals surface area contributed by atoms with Crippen molar-refractivity contribution in [3.8, 4) is 5.69 Å². The molecule has 8 nitrogen and oxygen atoms in total. The summed E-state index contributed by atoms with van der Waals surface area (Å²) in [4.78, 5) is 16.9. The second-order valence-corrected chi connectivity index (χ2v) is 7.25. The van der Waals surface area contributed by atoms with Gasteiger partial charge in [-0.1, -0.05) is 40.5 Å². The van der Waals surface area contributed by atoms with Crippen molar-refractivity contribution in [3.63, 3.8) is 0 Å². The lowest BCUT2D eigenvalue weighted by Crippen LogP contribution is -2.25. The van der Waals surface area contributed by atoms with Crippen molar-refractivity contribution in [1.29, 1.82) is 0 Å². The summed E-state index contributed by atoms with van der Waals surface area (Å²) >= 11 is 12.1. The van der Waals surface area contributed by atoms with Crippen LogP contribution in [0.5, 0.6) is 0 Å². The van der Waals surface area contributed by atoms with E-state index in [1.54, 1.807) is 6.20 Å². The third-order valence-electron chi connectivity index (χ3n) is 4.28. The van der Waals surface area contributed by atoms with Gasteiger partial charge in [-0.05, 0) is 37.1 Å². The van der Waals surface area contributed by atoms with Crippen LogP contribution in [0.25, 0.3) is 5.69 Å². The van der Waals surface area contributed by atoms with Gasteiger partial charge in [0.1, 0.15) is 17.3 Å². The minimum Gasteiger partial charge on any atom is -0.337 e. The molecule has 0 atom stereocenters. The van der Waals surface area contributed by atoms with Crippen LogP contribution in [0, 0.1) is 6.92 Å². The minimum atomic E-state index is -0.460. The average molecular weight is 431 g/mol. The Morgan fingerprint density at radius 2 is 1.90 bits per heavy atom. The molecule has 4 rings (SSSR count). The second kappa shape index (κ2) is 8.18. The van der Waals surface area contributed by atoms with Gasteiger partial charge in [-0.3, -0.25) is 4.79 Å². The Bertz CT molecular complexity index is 1200. The largest absolute Gasteiger partial charge is 0.337 e.